The molecule has 6 heterocycles. The lowest BCUT2D eigenvalue weighted by Gasteiger charge is -2.45. The molecule has 5 aromatic rings. The number of amides is 3. The number of rotatable bonds is 11. The number of piperidine rings is 2. The van der Waals surface area contributed by atoms with E-state index < -0.39 is 10.0 Å². The van der Waals surface area contributed by atoms with E-state index in [4.69, 9.17) is 9.72 Å². The predicted molar refractivity (Wildman–Crippen MR) is 241 cm³/mol. The fourth-order valence-electron chi connectivity index (χ4n) is 9.95. The number of aromatic nitrogens is 3. The Kier molecular flexibility index (Phi) is 11.1. The molecule has 18 heteroatoms. The van der Waals surface area contributed by atoms with Crippen LogP contribution in [0.1, 0.15) is 55.6 Å². The quantitative estimate of drug-likeness (QED) is 0.124. The lowest BCUT2D eigenvalue weighted by molar-refractivity contribution is -0.143. The molecule has 1 aliphatic carbocycles. The summed E-state index contributed by atoms with van der Waals surface area (Å²) in [6, 6.07) is 20.4. The number of halogens is 1. The molecule has 2 aromatic heterocycles. The van der Waals surface area contributed by atoms with Gasteiger partial charge >= 0.3 is 0 Å². The summed E-state index contributed by atoms with van der Waals surface area (Å²) in [5, 5.41) is 9.65. The van der Waals surface area contributed by atoms with Gasteiger partial charge in [-0.1, -0.05) is 24.3 Å². The van der Waals surface area contributed by atoms with Crippen LogP contribution in [-0.2, 0) is 30.8 Å². The molecule has 0 spiro atoms. The van der Waals surface area contributed by atoms with Gasteiger partial charge in [-0.15, -0.1) is 0 Å². The Labute approximate surface area is 370 Å². The van der Waals surface area contributed by atoms with Gasteiger partial charge in [0.05, 0.1) is 34.6 Å². The number of sulfonamides is 1. The van der Waals surface area contributed by atoms with Crippen LogP contribution < -0.4 is 29.9 Å². The molecule has 5 aliphatic rings. The van der Waals surface area contributed by atoms with Crippen LogP contribution >= 0.6 is 0 Å². The smallest absolute Gasteiger partial charge is 0.234 e. The normalized spacial score (nSPS) is 22.0. The Morgan fingerprint density at radius 2 is 1.67 bits per heavy atom. The maximum absolute atomic E-state index is 15.8. The number of benzene rings is 3. The minimum Gasteiger partial charge on any atom is -0.490 e. The van der Waals surface area contributed by atoms with Gasteiger partial charge in [-0.2, -0.15) is 9.97 Å². The van der Waals surface area contributed by atoms with Crippen molar-refractivity contribution < 1.29 is 31.9 Å². The molecule has 3 amide bonds. The molecule has 1 atom stereocenters. The highest BCUT2D eigenvalue weighted by molar-refractivity contribution is 7.92. The number of carbonyl (C=O) groups is 3. The summed E-state index contributed by atoms with van der Waals surface area (Å²) in [5.41, 5.74) is 4.58. The van der Waals surface area contributed by atoms with E-state index in [9.17, 15) is 22.8 Å². The molecule has 16 nitrogen and oxygen atoms in total. The zero-order chi connectivity index (χ0) is 44.1. The molecule has 3 saturated heterocycles. The summed E-state index contributed by atoms with van der Waals surface area (Å²) in [6.45, 7) is 4.80. The fourth-order valence-corrected chi connectivity index (χ4v) is 10.9. The Hall–Kier alpha value is -6.27. The molecule has 334 valence electrons. The molecule has 3 aromatic carbocycles. The summed E-state index contributed by atoms with van der Waals surface area (Å²) >= 11 is 0. The summed E-state index contributed by atoms with van der Waals surface area (Å²) < 4.78 is 48.6. The first-order chi connectivity index (χ1) is 30.9. The van der Waals surface area contributed by atoms with Crippen LogP contribution in [0.3, 0.4) is 0 Å². The van der Waals surface area contributed by atoms with Crippen molar-refractivity contribution in [2.45, 2.75) is 63.0 Å². The summed E-state index contributed by atoms with van der Waals surface area (Å²) in [6.07, 6.45) is 7.44. The Morgan fingerprint density at radius 3 is 2.44 bits per heavy atom. The predicted octanol–water partition coefficient (Wildman–Crippen LogP) is 5.40. The van der Waals surface area contributed by atoms with Gasteiger partial charge < -0.3 is 30.2 Å². The maximum atomic E-state index is 15.8. The fraction of sp³-hybridized carbons (Fsp3) is 0.413. The zero-order valence-corrected chi connectivity index (χ0v) is 36.4. The average Bonchev–Trinajstić information content (AvgIpc) is 3.94. The molecule has 4 fully saturated rings. The SMILES string of the molecule is CS(=O)(=O)N1CCc2cccc(Nc3nc(Nc4ccc(N5CCC(N6CCN(C(=O)[C@H]7C[C@H](Oc8cccc(C9CCC(=O)NC9=O)c8)C7)CC6)CC5)c(F)c4)nc4[nH]ccc34)c21. The highest BCUT2D eigenvalue weighted by atomic mass is 32.2. The number of anilines is 6. The molecule has 0 radical (unpaired) electrons. The van der Waals surface area contributed by atoms with Crippen LogP contribution in [-0.4, -0.2) is 115 Å². The van der Waals surface area contributed by atoms with Crippen LogP contribution in [0.5, 0.6) is 5.75 Å². The molecule has 0 bridgehead atoms. The summed E-state index contributed by atoms with van der Waals surface area (Å²) in [7, 11) is -3.48. The maximum Gasteiger partial charge on any atom is 0.234 e. The van der Waals surface area contributed by atoms with Crippen molar-refractivity contribution in [1.82, 2.24) is 30.1 Å². The third kappa shape index (κ3) is 8.43. The number of aromatic amines is 1. The standard InChI is InChI=1S/C46H51FN10O6S/c1-64(61,62)57-19-13-28-4-3-7-38(41(28)57)50-43-36-12-16-48-42(36)52-46(53-43)49-31-8-10-39(37(47)27-31)55-17-14-32(15-18-55)54-20-22-56(23-21-54)45(60)30-25-34(26-30)63-33-6-2-5-29(24-33)35-9-11-40(58)51-44(35)59/h2-8,10,12,16,24,27,30,32,34-35H,9,11,13-15,17-23,25-26H2,1H3,(H,51,58,59)(H3,48,49,50,52,53)/t30-,34-,35?. The first kappa shape index (κ1) is 41.7. The number of para-hydroxylation sites is 1. The number of hydrogen-bond donors (Lipinski definition) is 4. The van der Waals surface area contributed by atoms with Crippen molar-refractivity contribution in [3.8, 4) is 5.75 Å². The average molecular weight is 891 g/mol. The number of nitrogens with one attached hydrogen (secondary N) is 4. The molecule has 64 heavy (non-hydrogen) atoms. The molecular formula is C46H51FN10O6S. The number of ether oxygens (including phenoxy) is 1. The number of hydrogen-bond acceptors (Lipinski definition) is 12. The van der Waals surface area contributed by atoms with Crippen molar-refractivity contribution in [1.29, 1.82) is 0 Å². The molecular weight excluding hydrogens is 840 g/mol. The van der Waals surface area contributed by atoms with Crippen molar-refractivity contribution in [2.24, 2.45) is 5.92 Å². The van der Waals surface area contributed by atoms with E-state index >= 15 is 4.39 Å². The Morgan fingerprint density at radius 1 is 0.875 bits per heavy atom. The van der Waals surface area contributed by atoms with Gasteiger partial charge in [-0.05, 0) is 92.1 Å². The molecule has 4 N–H and O–H groups in total. The summed E-state index contributed by atoms with van der Waals surface area (Å²) in [5.74, 6) is 0.298. The number of nitrogens with zero attached hydrogens (tertiary/aromatic N) is 6. The van der Waals surface area contributed by atoms with Gasteiger partial charge in [-0.3, -0.25) is 28.9 Å². The van der Waals surface area contributed by atoms with Crippen LogP contribution in [0.2, 0.25) is 0 Å². The van der Waals surface area contributed by atoms with Crippen molar-refractivity contribution in [3.05, 3.63) is 89.9 Å². The van der Waals surface area contributed by atoms with E-state index in [1.165, 1.54) is 16.6 Å². The first-order valence-electron chi connectivity index (χ1n) is 22.1. The van der Waals surface area contributed by atoms with E-state index in [2.05, 4.69) is 35.7 Å². The lowest BCUT2D eigenvalue weighted by atomic mass is 9.81. The molecule has 10 rings (SSSR count). The highest BCUT2D eigenvalue weighted by Gasteiger charge is 2.40. The number of piperazine rings is 1. The van der Waals surface area contributed by atoms with Gasteiger partial charge in [0, 0.05) is 76.1 Å². The van der Waals surface area contributed by atoms with Crippen molar-refractivity contribution in [3.63, 3.8) is 0 Å². The Balaban J connectivity index is 0.698. The highest BCUT2D eigenvalue weighted by Crippen LogP contribution is 2.40. The minimum absolute atomic E-state index is 0.0551. The number of fused-ring (bicyclic) bond motifs is 2. The van der Waals surface area contributed by atoms with E-state index in [-0.39, 0.29) is 47.4 Å². The second kappa shape index (κ2) is 17.0. The number of imide groups is 1. The van der Waals surface area contributed by atoms with E-state index in [0.29, 0.717) is 97.7 Å². The van der Waals surface area contributed by atoms with Crippen molar-refractivity contribution in [2.75, 3.05) is 71.9 Å². The van der Waals surface area contributed by atoms with E-state index in [0.717, 1.165) is 55.5 Å². The van der Waals surface area contributed by atoms with Gasteiger partial charge in [-0.25, -0.2) is 12.8 Å². The lowest BCUT2D eigenvalue weighted by Crippen LogP contribution is -2.56. The van der Waals surface area contributed by atoms with Gasteiger partial charge in [0.25, 0.3) is 0 Å². The number of carbonyl (C=O) groups excluding carboxylic acids is 3. The summed E-state index contributed by atoms with van der Waals surface area (Å²) in [4.78, 5) is 56.4. The van der Waals surface area contributed by atoms with Crippen LogP contribution in [0.4, 0.5) is 38.9 Å². The van der Waals surface area contributed by atoms with Crippen LogP contribution in [0.25, 0.3) is 11.0 Å². The van der Waals surface area contributed by atoms with Crippen LogP contribution in [0, 0.1) is 11.7 Å². The third-order valence-corrected chi connectivity index (χ3v) is 14.6. The van der Waals surface area contributed by atoms with Gasteiger partial charge in [0.15, 0.2) is 0 Å². The topological polar surface area (TPSA) is 185 Å². The molecule has 4 aliphatic heterocycles. The molecule has 1 unspecified atom stereocenters. The van der Waals surface area contributed by atoms with E-state index in [1.807, 2.05) is 59.5 Å². The second-order valence-electron chi connectivity index (χ2n) is 17.5. The van der Waals surface area contributed by atoms with E-state index in [1.54, 1.807) is 12.3 Å². The Bertz CT molecular complexity index is 2730. The van der Waals surface area contributed by atoms with Gasteiger partial charge in [0.1, 0.15) is 29.1 Å². The zero-order valence-electron chi connectivity index (χ0n) is 35.6. The number of H-pyrrole nitrogens is 1. The minimum atomic E-state index is -3.48. The van der Waals surface area contributed by atoms with Gasteiger partial charge in [0.2, 0.25) is 33.7 Å². The van der Waals surface area contributed by atoms with Crippen LogP contribution in [0.15, 0.2) is 72.9 Å². The molecule has 1 saturated carbocycles. The first-order valence-corrected chi connectivity index (χ1v) is 23.9. The monoisotopic (exact) mass is 890 g/mol. The largest absolute Gasteiger partial charge is 0.490 e. The third-order valence-electron chi connectivity index (χ3n) is 13.4. The van der Waals surface area contributed by atoms with Crippen molar-refractivity contribution >= 4 is 73.3 Å². The second-order valence-corrected chi connectivity index (χ2v) is 19.4.